The first-order valence-corrected chi connectivity index (χ1v) is 5.65. The SMILES string of the molecule is CC1=C[C@@]23CCC[C@@H]2CC[C@H](C1)O3. The van der Waals surface area contributed by atoms with Crippen molar-refractivity contribution in [2.24, 2.45) is 5.92 Å². The lowest BCUT2D eigenvalue weighted by molar-refractivity contribution is -0.128. The van der Waals surface area contributed by atoms with Crippen molar-refractivity contribution >= 4 is 0 Å². The Hall–Kier alpha value is -0.300. The van der Waals surface area contributed by atoms with Gasteiger partial charge < -0.3 is 4.74 Å². The molecule has 2 fully saturated rings. The number of fused-ring (bicyclic) bond motifs is 1. The molecule has 3 atom stereocenters. The Morgan fingerprint density at radius 2 is 2.31 bits per heavy atom. The van der Waals surface area contributed by atoms with Gasteiger partial charge >= 0.3 is 0 Å². The molecule has 2 aliphatic heterocycles. The maximum atomic E-state index is 6.23. The van der Waals surface area contributed by atoms with Crippen LogP contribution >= 0.6 is 0 Å². The van der Waals surface area contributed by atoms with Crippen LogP contribution in [-0.4, -0.2) is 11.7 Å². The van der Waals surface area contributed by atoms with Gasteiger partial charge in [0, 0.05) is 0 Å². The normalized spacial score (nSPS) is 48.5. The van der Waals surface area contributed by atoms with Crippen LogP contribution in [0, 0.1) is 5.92 Å². The lowest BCUT2D eigenvalue weighted by Gasteiger charge is -2.45. The topological polar surface area (TPSA) is 9.23 Å². The highest BCUT2D eigenvalue weighted by molar-refractivity contribution is 5.20. The molecule has 0 aromatic rings. The first kappa shape index (κ1) is 8.05. The summed E-state index contributed by atoms with van der Waals surface area (Å²) in [7, 11) is 0. The Kier molecular flexibility index (Phi) is 1.61. The van der Waals surface area contributed by atoms with Crippen LogP contribution in [0.3, 0.4) is 0 Å². The summed E-state index contributed by atoms with van der Waals surface area (Å²) in [6.45, 7) is 2.28. The van der Waals surface area contributed by atoms with Gasteiger partial charge in [-0.2, -0.15) is 0 Å². The van der Waals surface area contributed by atoms with Crippen molar-refractivity contribution in [3.05, 3.63) is 11.6 Å². The predicted molar refractivity (Wildman–Crippen MR) is 52.6 cm³/mol. The molecule has 13 heavy (non-hydrogen) atoms. The molecule has 0 N–H and O–H groups in total. The lowest BCUT2D eigenvalue weighted by atomic mass is 9.77. The van der Waals surface area contributed by atoms with E-state index in [0.717, 1.165) is 5.92 Å². The standard InChI is InChI=1S/C12H18O/c1-9-7-11-5-4-10-3-2-6-12(10,8-9)13-11/h8,10-11H,2-7H2,1H3/t10-,11-,12+/m1/s1. The summed E-state index contributed by atoms with van der Waals surface area (Å²) in [6.07, 6.45) is 11.0. The van der Waals surface area contributed by atoms with Crippen LogP contribution < -0.4 is 0 Å². The Morgan fingerprint density at radius 1 is 1.38 bits per heavy atom. The van der Waals surface area contributed by atoms with Crippen LogP contribution in [0.15, 0.2) is 11.6 Å². The summed E-state index contributed by atoms with van der Waals surface area (Å²) >= 11 is 0. The fourth-order valence-corrected chi connectivity index (χ4v) is 3.58. The third kappa shape index (κ3) is 1.10. The first-order valence-electron chi connectivity index (χ1n) is 5.65. The largest absolute Gasteiger partial charge is 0.367 e. The molecule has 0 unspecified atom stereocenters. The minimum atomic E-state index is 0.200. The molecule has 1 saturated carbocycles. The zero-order valence-corrected chi connectivity index (χ0v) is 8.38. The quantitative estimate of drug-likeness (QED) is 0.518. The van der Waals surface area contributed by atoms with E-state index in [1.165, 1.54) is 38.5 Å². The molecule has 3 aliphatic rings. The van der Waals surface area contributed by atoms with Crippen LogP contribution in [0.4, 0.5) is 0 Å². The van der Waals surface area contributed by atoms with Crippen LogP contribution in [0.2, 0.25) is 0 Å². The molecule has 2 bridgehead atoms. The number of ether oxygens (including phenoxy) is 1. The van der Waals surface area contributed by atoms with Crippen molar-refractivity contribution in [2.75, 3.05) is 0 Å². The average molecular weight is 178 g/mol. The van der Waals surface area contributed by atoms with E-state index >= 15 is 0 Å². The van der Waals surface area contributed by atoms with Gasteiger partial charge in [-0.15, -0.1) is 0 Å². The highest BCUT2D eigenvalue weighted by atomic mass is 16.5. The van der Waals surface area contributed by atoms with Crippen molar-refractivity contribution < 1.29 is 4.74 Å². The Morgan fingerprint density at radius 3 is 3.23 bits per heavy atom. The number of hydrogen-bond acceptors (Lipinski definition) is 1. The van der Waals surface area contributed by atoms with Crippen LogP contribution in [0.1, 0.15) is 45.4 Å². The monoisotopic (exact) mass is 178 g/mol. The molecule has 1 spiro atoms. The fourth-order valence-electron chi connectivity index (χ4n) is 3.58. The van der Waals surface area contributed by atoms with E-state index in [1.807, 2.05) is 0 Å². The summed E-state index contributed by atoms with van der Waals surface area (Å²) in [5.41, 5.74) is 1.77. The summed E-state index contributed by atoms with van der Waals surface area (Å²) in [5.74, 6) is 0.846. The van der Waals surface area contributed by atoms with Crippen LogP contribution in [0.25, 0.3) is 0 Å². The van der Waals surface area contributed by atoms with Gasteiger partial charge in [-0.05, 0) is 51.4 Å². The molecule has 0 aromatic heterocycles. The Bertz CT molecular complexity index is 256. The predicted octanol–water partition coefficient (Wildman–Crippen LogP) is 3.05. The van der Waals surface area contributed by atoms with Gasteiger partial charge in [0.1, 0.15) is 0 Å². The van der Waals surface area contributed by atoms with E-state index in [-0.39, 0.29) is 5.60 Å². The zero-order chi connectivity index (χ0) is 8.89. The van der Waals surface area contributed by atoms with Gasteiger partial charge in [0.2, 0.25) is 0 Å². The second-order valence-corrected chi connectivity index (χ2v) is 5.06. The molecule has 0 radical (unpaired) electrons. The van der Waals surface area contributed by atoms with Gasteiger partial charge in [0.05, 0.1) is 11.7 Å². The molecule has 0 amide bonds. The van der Waals surface area contributed by atoms with Gasteiger partial charge in [-0.1, -0.05) is 11.6 Å². The smallest absolute Gasteiger partial charge is 0.0896 e. The number of hydrogen-bond donors (Lipinski definition) is 0. The van der Waals surface area contributed by atoms with E-state index < -0.39 is 0 Å². The molecular weight excluding hydrogens is 160 g/mol. The summed E-state index contributed by atoms with van der Waals surface area (Å²) in [5, 5.41) is 0. The number of rotatable bonds is 0. The minimum Gasteiger partial charge on any atom is -0.367 e. The molecule has 1 saturated heterocycles. The molecule has 0 aromatic carbocycles. The third-order valence-electron chi connectivity index (χ3n) is 4.07. The van der Waals surface area contributed by atoms with Crippen LogP contribution in [-0.2, 0) is 4.74 Å². The van der Waals surface area contributed by atoms with Gasteiger partial charge in [-0.3, -0.25) is 0 Å². The zero-order valence-electron chi connectivity index (χ0n) is 8.38. The van der Waals surface area contributed by atoms with E-state index in [0.29, 0.717) is 6.10 Å². The van der Waals surface area contributed by atoms with E-state index in [2.05, 4.69) is 13.0 Å². The van der Waals surface area contributed by atoms with Gasteiger partial charge in [-0.25, -0.2) is 0 Å². The van der Waals surface area contributed by atoms with Crippen molar-refractivity contribution in [3.8, 4) is 0 Å². The Balaban J connectivity index is 2.00. The van der Waals surface area contributed by atoms with E-state index in [1.54, 1.807) is 5.57 Å². The molecule has 1 nitrogen and oxygen atoms in total. The van der Waals surface area contributed by atoms with E-state index in [4.69, 9.17) is 4.74 Å². The van der Waals surface area contributed by atoms with Crippen molar-refractivity contribution in [3.63, 3.8) is 0 Å². The van der Waals surface area contributed by atoms with E-state index in [9.17, 15) is 0 Å². The molecule has 1 aliphatic carbocycles. The Labute approximate surface area is 80.2 Å². The molecule has 2 heterocycles. The summed E-state index contributed by atoms with van der Waals surface area (Å²) in [4.78, 5) is 0. The summed E-state index contributed by atoms with van der Waals surface area (Å²) < 4.78 is 6.23. The van der Waals surface area contributed by atoms with Crippen molar-refractivity contribution in [1.82, 2.24) is 0 Å². The van der Waals surface area contributed by atoms with Gasteiger partial charge in [0.25, 0.3) is 0 Å². The molecule has 1 heteroatoms. The molecule has 72 valence electrons. The highest BCUT2D eigenvalue weighted by Gasteiger charge is 2.48. The van der Waals surface area contributed by atoms with Crippen molar-refractivity contribution in [1.29, 1.82) is 0 Å². The van der Waals surface area contributed by atoms with Crippen molar-refractivity contribution in [2.45, 2.75) is 57.2 Å². The average Bonchev–Trinajstić information content (AvgIpc) is 2.44. The maximum absolute atomic E-state index is 6.23. The highest BCUT2D eigenvalue weighted by Crippen LogP contribution is 2.50. The molecular formula is C12H18O. The fraction of sp³-hybridized carbons (Fsp3) is 0.833. The minimum absolute atomic E-state index is 0.200. The lowest BCUT2D eigenvalue weighted by Crippen LogP contribution is -2.45. The summed E-state index contributed by atoms with van der Waals surface area (Å²) in [6, 6.07) is 0. The van der Waals surface area contributed by atoms with Crippen LogP contribution in [0.5, 0.6) is 0 Å². The maximum Gasteiger partial charge on any atom is 0.0896 e. The second-order valence-electron chi connectivity index (χ2n) is 5.06. The van der Waals surface area contributed by atoms with Gasteiger partial charge in [0.15, 0.2) is 0 Å². The first-order chi connectivity index (χ1) is 6.28. The molecule has 3 rings (SSSR count). The third-order valence-corrected chi connectivity index (χ3v) is 4.07. The second kappa shape index (κ2) is 2.60.